The Morgan fingerprint density at radius 1 is 1.22 bits per heavy atom. The molecule has 2 aromatic rings. The first-order valence-electron chi connectivity index (χ1n) is 11.3. The van der Waals surface area contributed by atoms with Crippen LogP contribution < -0.4 is 21.3 Å². The van der Waals surface area contributed by atoms with Crippen LogP contribution in [0.15, 0.2) is 12.3 Å². The summed E-state index contributed by atoms with van der Waals surface area (Å²) >= 11 is 7.06. The maximum Gasteiger partial charge on any atom is 0.254 e. The molecule has 1 atom stereocenters. The Bertz CT molecular complexity index is 1050. The lowest BCUT2D eigenvalue weighted by Gasteiger charge is -2.25. The van der Waals surface area contributed by atoms with Gasteiger partial charge in [-0.2, -0.15) is 5.10 Å². The minimum atomic E-state index is -0.0725. The molecule has 3 aliphatic rings. The van der Waals surface area contributed by atoms with Crippen LogP contribution in [0.4, 0.5) is 10.8 Å². The number of fused-ring (bicyclic) bond motifs is 1. The van der Waals surface area contributed by atoms with Crippen LogP contribution in [0.2, 0.25) is 0 Å². The van der Waals surface area contributed by atoms with Crippen molar-refractivity contribution in [1.82, 2.24) is 20.4 Å². The van der Waals surface area contributed by atoms with E-state index in [-0.39, 0.29) is 23.8 Å². The first kappa shape index (κ1) is 21.4. The van der Waals surface area contributed by atoms with Gasteiger partial charge in [-0.05, 0) is 68.6 Å². The maximum atomic E-state index is 13.2. The fraction of sp³-hybridized carbons (Fsp3) is 0.545. The number of carbonyl (C=O) groups is 2. The van der Waals surface area contributed by atoms with Gasteiger partial charge in [-0.3, -0.25) is 14.3 Å². The number of rotatable bonds is 7. The van der Waals surface area contributed by atoms with E-state index in [0.29, 0.717) is 34.6 Å². The molecule has 0 aromatic carbocycles. The van der Waals surface area contributed by atoms with E-state index in [2.05, 4.69) is 26.4 Å². The highest BCUT2D eigenvalue weighted by Crippen LogP contribution is 2.40. The average molecular weight is 473 g/mol. The molecule has 4 N–H and O–H groups in total. The molecule has 5 rings (SSSR count). The molecule has 0 spiro atoms. The molecule has 0 radical (unpaired) electrons. The molecule has 0 aliphatic heterocycles. The van der Waals surface area contributed by atoms with Gasteiger partial charge in [0.2, 0.25) is 5.91 Å². The number of amides is 2. The van der Waals surface area contributed by atoms with Gasteiger partial charge >= 0.3 is 0 Å². The summed E-state index contributed by atoms with van der Waals surface area (Å²) in [6.07, 6.45) is 8.42. The van der Waals surface area contributed by atoms with Crippen molar-refractivity contribution in [2.24, 2.45) is 18.9 Å². The number of nitrogens with zero attached hydrogens (tertiary/aromatic N) is 2. The molecule has 170 valence electrons. The summed E-state index contributed by atoms with van der Waals surface area (Å²) in [6.45, 7) is 0.708. The van der Waals surface area contributed by atoms with Crippen molar-refractivity contribution in [1.29, 1.82) is 0 Å². The molecular weight excluding hydrogens is 444 g/mol. The normalized spacial score (nSPS) is 19.7. The number of aromatic nitrogens is 2. The minimum absolute atomic E-state index is 0.0380. The fourth-order valence-corrected chi connectivity index (χ4v) is 5.59. The summed E-state index contributed by atoms with van der Waals surface area (Å²) in [6, 6.07) is 1.98. The van der Waals surface area contributed by atoms with Crippen molar-refractivity contribution in [3.63, 3.8) is 0 Å². The third-order valence-corrected chi connectivity index (χ3v) is 7.75. The summed E-state index contributed by atoms with van der Waals surface area (Å²) < 4.78 is 1.73. The van der Waals surface area contributed by atoms with Crippen molar-refractivity contribution >= 4 is 51.3 Å². The van der Waals surface area contributed by atoms with Gasteiger partial charge in [-0.25, -0.2) is 0 Å². The summed E-state index contributed by atoms with van der Waals surface area (Å²) in [5.74, 6) is 1.48. The second-order valence-electron chi connectivity index (χ2n) is 9.00. The number of hydrogen-bond donors (Lipinski definition) is 4. The van der Waals surface area contributed by atoms with Gasteiger partial charge in [0, 0.05) is 36.5 Å². The first-order valence-corrected chi connectivity index (χ1v) is 12.5. The van der Waals surface area contributed by atoms with Crippen LogP contribution in [-0.2, 0) is 24.7 Å². The quantitative estimate of drug-likeness (QED) is 0.463. The molecule has 0 unspecified atom stereocenters. The average Bonchev–Trinajstić information content (AvgIpc) is 3.68. The number of anilines is 2. The molecule has 2 saturated carbocycles. The number of nitrogens with one attached hydrogen (secondary N) is 4. The summed E-state index contributed by atoms with van der Waals surface area (Å²) in [5.41, 5.74) is 1.69. The Morgan fingerprint density at radius 2 is 2.03 bits per heavy atom. The smallest absolute Gasteiger partial charge is 0.254 e. The van der Waals surface area contributed by atoms with Crippen LogP contribution in [0.25, 0.3) is 0 Å². The largest absolute Gasteiger partial charge is 0.359 e. The van der Waals surface area contributed by atoms with Gasteiger partial charge in [0.1, 0.15) is 10.8 Å². The summed E-state index contributed by atoms with van der Waals surface area (Å²) in [5, 5.41) is 18.1. The molecule has 3 aliphatic carbocycles. The standard InChI is InChI=1S/C22H28N6O2S2/c1-28-17(8-9-24-28)26-22(31)25-14-6-7-16-15(10-14)18(20(30)23-11-12-2-3-12)21(32-16)27-19(29)13-4-5-13/h8-9,12-14H,2-7,10-11H2,1H3,(H,23,30)(H,27,29)(H2,25,26,31)/t14-/m0/s1. The number of thiocarbonyl (C=S) groups is 1. The highest BCUT2D eigenvalue weighted by Gasteiger charge is 2.34. The number of thiophene rings is 1. The lowest BCUT2D eigenvalue weighted by Crippen LogP contribution is -2.41. The third kappa shape index (κ3) is 4.80. The van der Waals surface area contributed by atoms with Crippen LogP contribution >= 0.6 is 23.6 Å². The topological polar surface area (TPSA) is 100 Å². The van der Waals surface area contributed by atoms with E-state index in [1.165, 1.54) is 17.7 Å². The lowest BCUT2D eigenvalue weighted by molar-refractivity contribution is -0.117. The number of carbonyl (C=O) groups excluding carboxylic acids is 2. The molecule has 2 amide bonds. The zero-order valence-corrected chi connectivity index (χ0v) is 19.7. The maximum absolute atomic E-state index is 13.2. The van der Waals surface area contributed by atoms with Gasteiger partial charge in [0.25, 0.3) is 5.91 Å². The van der Waals surface area contributed by atoms with Crippen molar-refractivity contribution in [3.8, 4) is 0 Å². The summed E-state index contributed by atoms with van der Waals surface area (Å²) in [4.78, 5) is 26.8. The van der Waals surface area contributed by atoms with Gasteiger partial charge in [0.05, 0.1) is 11.8 Å². The van der Waals surface area contributed by atoms with Gasteiger partial charge < -0.3 is 21.3 Å². The molecule has 8 nitrogen and oxygen atoms in total. The van der Waals surface area contributed by atoms with E-state index < -0.39 is 0 Å². The van der Waals surface area contributed by atoms with E-state index in [1.807, 2.05) is 13.1 Å². The highest BCUT2D eigenvalue weighted by molar-refractivity contribution is 7.80. The molecule has 2 heterocycles. The van der Waals surface area contributed by atoms with Crippen molar-refractivity contribution in [2.45, 2.75) is 51.0 Å². The second-order valence-corrected chi connectivity index (χ2v) is 10.5. The van der Waals surface area contributed by atoms with Crippen LogP contribution in [0.1, 0.15) is 52.9 Å². The highest BCUT2D eigenvalue weighted by atomic mass is 32.1. The molecular formula is C22H28N6O2S2. The van der Waals surface area contributed by atoms with E-state index in [1.54, 1.807) is 22.2 Å². The number of hydrogen-bond acceptors (Lipinski definition) is 5. The number of aryl methyl sites for hydroxylation is 2. The molecule has 2 aromatic heterocycles. The van der Waals surface area contributed by atoms with Crippen LogP contribution in [0, 0.1) is 11.8 Å². The molecule has 0 saturated heterocycles. The van der Waals surface area contributed by atoms with E-state index in [4.69, 9.17) is 12.2 Å². The Labute approximate surface area is 196 Å². The minimum Gasteiger partial charge on any atom is -0.359 e. The lowest BCUT2D eigenvalue weighted by atomic mass is 9.91. The van der Waals surface area contributed by atoms with E-state index >= 15 is 0 Å². The zero-order valence-electron chi connectivity index (χ0n) is 18.1. The summed E-state index contributed by atoms with van der Waals surface area (Å²) in [7, 11) is 1.85. The Morgan fingerprint density at radius 3 is 2.72 bits per heavy atom. The molecule has 32 heavy (non-hydrogen) atoms. The van der Waals surface area contributed by atoms with Gasteiger partial charge in [-0.1, -0.05) is 0 Å². The Balaban J connectivity index is 1.31. The Kier molecular flexibility index (Phi) is 5.90. The molecule has 0 bridgehead atoms. The predicted octanol–water partition coefficient (Wildman–Crippen LogP) is 2.81. The van der Waals surface area contributed by atoms with Crippen molar-refractivity contribution in [2.75, 3.05) is 17.2 Å². The first-order chi connectivity index (χ1) is 15.5. The Hall–Kier alpha value is -2.46. The van der Waals surface area contributed by atoms with E-state index in [0.717, 1.165) is 37.1 Å². The third-order valence-electron chi connectivity index (χ3n) is 6.32. The monoisotopic (exact) mass is 472 g/mol. The zero-order chi connectivity index (χ0) is 22.2. The fourth-order valence-electron chi connectivity index (χ4n) is 4.08. The van der Waals surface area contributed by atoms with Crippen LogP contribution in [0.3, 0.4) is 0 Å². The van der Waals surface area contributed by atoms with Gasteiger partial charge in [0.15, 0.2) is 5.11 Å². The predicted molar refractivity (Wildman–Crippen MR) is 129 cm³/mol. The van der Waals surface area contributed by atoms with Crippen molar-refractivity contribution < 1.29 is 9.59 Å². The van der Waals surface area contributed by atoms with Crippen molar-refractivity contribution in [3.05, 3.63) is 28.3 Å². The molecule has 10 heteroatoms. The molecule has 2 fully saturated rings. The SMILES string of the molecule is Cn1nccc1NC(=S)N[C@H]1CCc2sc(NC(=O)C3CC3)c(C(=O)NCC3CC3)c2C1. The second kappa shape index (κ2) is 8.82. The van der Waals surface area contributed by atoms with Crippen LogP contribution in [-0.4, -0.2) is 39.3 Å². The van der Waals surface area contributed by atoms with Gasteiger partial charge in [-0.15, -0.1) is 11.3 Å². The van der Waals surface area contributed by atoms with Crippen LogP contribution in [0.5, 0.6) is 0 Å². The van der Waals surface area contributed by atoms with E-state index in [9.17, 15) is 9.59 Å².